The second kappa shape index (κ2) is 8.22. The highest BCUT2D eigenvalue weighted by Gasteiger charge is 2.21. The zero-order chi connectivity index (χ0) is 13.4. The maximum atomic E-state index is 11.5. The summed E-state index contributed by atoms with van der Waals surface area (Å²) >= 11 is 1.63. The highest BCUT2D eigenvalue weighted by molar-refractivity contribution is 7.98. The lowest BCUT2D eigenvalue weighted by atomic mass is 10.0. The Kier molecular flexibility index (Phi) is 7.78. The molecule has 0 heterocycles. The van der Waals surface area contributed by atoms with Crippen LogP contribution in [0.25, 0.3) is 0 Å². The first-order valence-corrected chi connectivity index (χ1v) is 7.05. The standard InChI is InChI=1S/C11H22N2O3S/c1-7(2)5-9(10(14)15)13-11(16)12-8(3)6-17-4/h7-9H,5-6H2,1-4H3,(H,14,15)(H2,12,13,16)/t8?,9-/m0/s1. The van der Waals surface area contributed by atoms with Crippen molar-refractivity contribution in [3.05, 3.63) is 0 Å². The van der Waals surface area contributed by atoms with Crippen molar-refractivity contribution in [1.29, 1.82) is 0 Å². The molecule has 0 saturated carbocycles. The van der Waals surface area contributed by atoms with Gasteiger partial charge in [0, 0.05) is 11.8 Å². The predicted molar refractivity (Wildman–Crippen MR) is 70.4 cm³/mol. The van der Waals surface area contributed by atoms with Gasteiger partial charge in [0.1, 0.15) is 6.04 Å². The molecule has 0 rings (SSSR count). The van der Waals surface area contributed by atoms with Gasteiger partial charge in [0.05, 0.1) is 0 Å². The average molecular weight is 262 g/mol. The Morgan fingerprint density at radius 1 is 1.24 bits per heavy atom. The Bertz CT molecular complexity index is 259. The minimum absolute atomic E-state index is 0.0264. The maximum absolute atomic E-state index is 11.5. The fourth-order valence-electron chi connectivity index (χ4n) is 1.41. The van der Waals surface area contributed by atoms with Crippen molar-refractivity contribution in [3.63, 3.8) is 0 Å². The molecule has 3 N–H and O–H groups in total. The molecular formula is C11H22N2O3S. The smallest absolute Gasteiger partial charge is 0.326 e. The van der Waals surface area contributed by atoms with Gasteiger partial charge in [0.2, 0.25) is 0 Å². The Morgan fingerprint density at radius 3 is 2.24 bits per heavy atom. The van der Waals surface area contributed by atoms with Crippen LogP contribution in [0.15, 0.2) is 0 Å². The summed E-state index contributed by atoms with van der Waals surface area (Å²) in [5.74, 6) is 0.0291. The molecule has 0 aromatic carbocycles. The first-order valence-electron chi connectivity index (χ1n) is 5.65. The van der Waals surface area contributed by atoms with E-state index in [2.05, 4.69) is 10.6 Å². The highest BCUT2D eigenvalue weighted by Crippen LogP contribution is 2.05. The number of urea groups is 1. The lowest BCUT2D eigenvalue weighted by molar-refractivity contribution is -0.139. The van der Waals surface area contributed by atoms with E-state index in [-0.39, 0.29) is 12.0 Å². The van der Waals surface area contributed by atoms with Crippen LogP contribution < -0.4 is 10.6 Å². The first-order chi connectivity index (χ1) is 7.86. The van der Waals surface area contributed by atoms with Crippen LogP contribution in [-0.2, 0) is 4.79 Å². The Balaban J connectivity index is 4.17. The quantitative estimate of drug-likeness (QED) is 0.650. The average Bonchev–Trinajstić information content (AvgIpc) is 2.15. The normalized spacial score (nSPS) is 14.2. The molecule has 0 aliphatic carbocycles. The van der Waals surface area contributed by atoms with Crippen LogP contribution in [0.5, 0.6) is 0 Å². The van der Waals surface area contributed by atoms with Gasteiger partial charge in [-0.1, -0.05) is 13.8 Å². The molecule has 0 aliphatic rings. The predicted octanol–water partition coefficient (Wildman–Crippen LogP) is 1.54. The number of hydrogen-bond acceptors (Lipinski definition) is 3. The fraction of sp³-hybridized carbons (Fsp3) is 0.818. The fourth-order valence-corrected chi connectivity index (χ4v) is 1.99. The molecule has 1 unspecified atom stereocenters. The summed E-state index contributed by atoms with van der Waals surface area (Å²) in [5, 5.41) is 14.1. The van der Waals surface area contributed by atoms with Gasteiger partial charge in [-0.15, -0.1) is 0 Å². The Morgan fingerprint density at radius 2 is 1.82 bits per heavy atom. The molecule has 0 radical (unpaired) electrons. The second-order valence-corrected chi connectivity index (χ2v) is 5.41. The summed E-state index contributed by atoms with van der Waals surface area (Å²) in [7, 11) is 0. The minimum Gasteiger partial charge on any atom is -0.480 e. The van der Waals surface area contributed by atoms with Crippen LogP contribution in [0.4, 0.5) is 4.79 Å². The van der Waals surface area contributed by atoms with Crippen molar-refractivity contribution in [2.45, 2.75) is 39.3 Å². The molecule has 17 heavy (non-hydrogen) atoms. The van der Waals surface area contributed by atoms with Crippen molar-refractivity contribution in [2.75, 3.05) is 12.0 Å². The summed E-state index contributed by atoms with van der Waals surface area (Å²) in [5.41, 5.74) is 0. The summed E-state index contributed by atoms with van der Waals surface area (Å²) < 4.78 is 0. The number of amides is 2. The number of rotatable bonds is 7. The topological polar surface area (TPSA) is 78.4 Å². The van der Waals surface area contributed by atoms with E-state index < -0.39 is 18.0 Å². The van der Waals surface area contributed by atoms with E-state index in [1.807, 2.05) is 27.0 Å². The van der Waals surface area contributed by atoms with Crippen LogP contribution >= 0.6 is 11.8 Å². The van der Waals surface area contributed by atoms with Crippen molar-refractivity contribution >= 4 is 23.8 Å². The first kappa shape index (κ1) is 16.1. The van der Waals surface area contributed by atoms with Crippen LogP contribution in [0.3, 0.4) is 0 Å². The third-order valence-electron chi connectivity index (χ3n) is 2.10. The van der Waals surface area contributed by atoms with E-state index in [4.69, 9.17) is 5.11 Å². The van der Waals surface area contributed by atoms with Crippen LogP contribution in [-0.4, -0.2) is 41.2 Å². The van der Waals surface area contributed by atoms with E-state index in [1.165, 1.54) is 0 Å². The summed E-state index contributed by atoms with van der Waals surface area (Å²) in [6, 6.07) is -1.21. The van der Waals surface area contributed by atoms with Gasteiger partial charge in [-0.3, -0.25) is 0 Å². The molecule has 0 saturated heterocycles. The van der Waals surface area contributed by atoms with E-state index in [0.29, 0.717) is 6.42 Å². The molecule has 0 aromatic heterocycles. The van der Waals surface area contributed by atoms with Gasteiger partial charge in [-0.2, -0.15) is 11.8 Å². The molecule has 2 atom stereocenters. The van der Waals surface area contributed by atoms with Crippen LogP contribution in [0, 0.1) is 5.92 Å². The Labute approximate surface area is 107 Å². The van der Waals surface area contributed by atoms with Gasteiger partial charge < -0.3 is 15.7 Å². The largest absolute Gasteiger partial charge is 0.480 e. The molecule has 6 heteroatoms. The van der Waals surface area contributed by atoms with Gasteiger partial charge in [0.15, 0.2) is 0 Å². The minimum atomic E-state index is -0.994. The summed E-state index contributed by atoms with van der Waals surface area (Å²) in [4.78, 5) is 22.5. The SMILES string of the molecule is CSCC(C)NC(=O)N[C@@H](CC(C)C)C(=O)O. The Hall–Kier alpha value is -0.910. The van der Waals surface area contributed by atoms with Crippen LogP contribution in [0.1, 0.15) is 27.2 Å². The molecule has 100 valence electrons. The van der Waals surface area contributed by atoms with Crippen LogP contribution in [0.2, 0.25) is 0 Å². The number of thioether (sulfide) groups is 1. The second-order valence-electron chi connectivity index (χ2n) is 4.49. The van der Waals surface area contributed by atoms with E-state index in [1.54, 1.807) is 11.8 Å². The third-order valence-corrected chi connectivity index (χ3v) is 2.94. The maximum Gasteiger partial charge on any atom is 0.326 e. The highest BCUT2D eigenvalue weighted by atomic mass is 32.2. The van der Waals surface area contributed by atoms with Crippen molar-refractivity contribution < 1.29 is 14.7 Å². The number of carboxylic acid groups (broad SMARTS) is 1. The number of aliphatic carboxylic acids is 1. The molecular weight excluding hydrogens is 240 g/mol. The molecule has 0 aliphatic heterocycles. The molecule has 0 bridgehead atoms. The molecule has 5 nitrogen and oxygen atoms in total. The van der Waals surface area contributed by atoms with Gasteiger partial charge in [0.25, 0.3) is 0 Å². The van der Waals surface area contributed by atoms with Gasteiger partial charge in [-0.05, 0) is 25.5 Å². The zero-order valence-electron chi connectivity index (χ0n) is 10.8. The molecule has 0 spiro atoms. The molecule has 0 fully saturated rings. The van der Waals surface area contributed by atoms with Gasteiger partial charge in [-0.25, -0.2) is 9.59 Å². The summed E-state index contributed by atoms with van der Waals surface area (Å²) in [6.45, 7) is 5.73. The lowest BCUT2D eigenvalue weighted by Crippen LogP contribution is -2.49. The van der Waals surface area contributed by atoms with E-state index in [0.717, 1.165) is 5.75 Å². The van der Waals surface area contributed by atoms with Gasteiger partial charge >= 0.3 is 12.0 Å². The zero-order valence-corrected chi connectivity index (χ0v) is 11.6. The lowest BCUT2D eigenvalue weighted by Gasteiger charge is -2.19. The van der Waals surface area contributed by atoms with Crippen molar-refractivity contribution in [2.24, 2.45) is 5.92 Å². The number of nitrogens with one attached hydrogen (secondary N) is 2. The number of carbonyl (C=O) groups is 2. The van der Waals surface area contributed by atoms with Crippen molar-refractivity contribution in [1.82, 2.24) is 10.6 Å². The molecule has 0 aromatic rings. The van der Waals surface area contributed by atoms with Crippen molar-refractivity contribution in [3.8, 4) is 0 Å². The number of hydrogen-bond donors (Lipinski definition) is 3. The van der Waals surface area contributed by atoms with E-state index in [9.17, 15) is 9.59 Å². The van der Waals surface area contributed by atoms with E-state index >= 15 is 0 Å². The number of carbonyl (C=O) groups excluding carboxylic acids is 1. The summed E-state index contributed by atoms with van der Waals surface area (Å²) in [6.07, 6.45) is 2.38. The number of carboxylic acids is 1. The monoisotopic (exact) mass is 262 g/mol. The molecule has 2 amide bonds. The third kappa shape index (κ3) is 7.90.